The molecule has 0 aromatic heterocycles. The Kier molecular flexibility index (Phi) is 29.0. The fourth-order valence-electron chi connectivity index (χ4n) is 4.69. The number of hydrogen-bond donors (Lipinski definition) is 3. The van der Waals surface area contributed by atoms with Crippen molar-refractivity contribution < 1.29 is 9.90 Å². The molecule has 0 aromatic rings. The third-order valence-corrected chi connectivity index (χ3v) is 7.02. The minimum Gasteiger partial charge on any atom is -0.480 e. The molecule has 0 aliphatic heterocycles. The lowest BCUT2D eigenvalue weighted by Crippen LogP contribution is -2.38. The Morgan fingerprint density at radius 1 is 0.514 bits per heavy atom. The van der Waals surface area contributed by atoms with Gasteiger partial charge in [0.05, 0.1) is 6.54 Å². The second kappa shape index (κ2) is 29.6. The number of nitrogens with zero attached hydrogens (tertiary/aromatic N) is 1. The number of aliphatic carboxylic acids is 1. The molecule has 35 heavy (non-hydrogen) atoms. The van der Waals surface area contributed by atoms with Gasteiger partial charge < -0.3 is 20.6 Å². The molecule has 0 aromatic carbocycles. The molecule has 0 spiro atoms. The van der Waals surface area contributed by atoms with Crippen LogP contribution in [0.15, 0.2) is 0 Å². The van der Waals surface area contributed by atoms with Crippen molar-refractivity contribution >= 4 is 5.97 Å². The van der Waals surface area contributed by atoms with E-state index in [9.17, 15) is 4.79 Å². The van der Waals surface area contributed by atoms with Crippen molar-refractivity contribution in [2.45, 2.75) is 142 Å². The van der Waals surface area contributed by atoms with Crippen LogP contribution < -0.4 is 10.6 Å². The second-order valence-electron chi connectivity index (χ2n) is 10.5. The molecule has 0 aliphatic rings. The lowest BCUT2D eigenvalue weighted by molar-refractivity contribution is -0.135. The number of nitrogens with one attached hydrogen (secondary N) is 2. The lowest BCUT2D eigenvalue weighted by atomic mass is 10.1. The predicted molar refractivity (Wildman–Crippen MR) is 154 cm³/mol. The van der Waals surface area contributed by atoms with Crippen LogP contribution in [0.3, 0.4) is 0 Å². The smallest absolute Gasteiger partial charge is 0.317 e. The summed E-state index contributed by atoms with van der Waals surface area (Å²) in [6, 6.07) is 0. The zero-order chi connectivity index (χ0) is 25.7. The summed E-state index contributed by atoms with van der Waals surface area (Å²) in [7, 11) is 0. The molecule has 0 fully saturated rings. The van der Waals surface area contributed by atoms with Gasteiger partial charge in [0.25, 0.3) is 0 Å². The first-order valence-electron chi connectivity index (χ1n) is 15.6. The Bertz CT molecular complexity index is 420. The Labute approximate surface area is 219 Å². The zero-order valence-corrected chi connectivity index (χ0v) is 23.9. The van der Waals surface area contributed by atoms with Crippen LogP contribution >= 0.6 is 0 Å². The van der Waals surface area contributed by atoms with Crippen LogP contribution in [0.25, 0.3) is 0 Å². The van der Waals surface area contributed by atoms with Crippen LogP contribution in [0.4, 0.5) is 0 Å². The normalized spacial score (nSPS) is 11.5. The first-order chi connectivity index (χ1) is 17.2. The molecule has 0 saturated carbocycles. The zero-order valence-electron chi connectivity index (χ0n) is 23.9. The van der Waals surface area contributed by atoms with Gasteiger partial charge in [-0.15, -0.1) is 0 Å². The van der Waals surface area contributed by atoms with Crippen LogP contribution in [0.2, 0.25) is 0 Å². The maximum atomic E-state index is 10.7. The van der Waals surface area contributed by atoms with Crippen LogP contribution in [-0.4, -0.2) is 61.8 Å². The SMILES string of the molecule is CCCCCCCCCCCCNCCN(CCCCCCCCCCCC)CCNCC(=O)O. The number of rotatable bonds is 30. The van der Waals surface area contributed by atoms with Crippen LogP contribution in [0.1, 0.15) is 142 Å². The monoisotopic (exact) mass is 497 g/mol. The third-order valence-electron chi connectivity index (χ3n) is 7.02. The van der Waals surface area contributed by atoms with Crippen LogP contribution in [0, 0.1) is 0 Å². The molecule has 5 nitrogen and oxygen atoms in total. The van der Waals surface area contributed by atoms with E-state index in [1.165, 1.54) is 128 Å². The third kappa shape index (κ3) is 29.5. The summed E-state index contributed by atoms with van der Waals surface area (Å²) in [6.07, 6.45) is 27.5. The molecular formula is C30H63N3O2. The van der Waals surface area contributed by atoms with E-state index in [4.69, 9.17) is 5.11 Å². The van der Waals surface area contributed by atoms with Crippen molar-refractivity contribution in [3.63, 3.8) is 0 Å². The van der Waals surface area contributed by atoms with Gasteiger partial charge in [-0.2, -0.15) is 0 Å². The number of carbonyl (C=O) groups is 1. The molecule has 0 heterocycles. The number of carboxylic acids is 1. The molecule has 0 aliphatic carbocycles. The van der Waals surface area contributed by atoms with Gasteiger partial charge in [-0.25, -0.2) is 0 Å². The molecule has 0 rings (SSSR count). The highest BCUT2D eigenvalue weighted by molar-refractivity contribution is 5.68. The Morgan fingerprint density at radius 2 is 0.914 bits per heavy atom. The maximum absolute atomic E-state index is 10.7. The van der Waals surface area contributed by atoms with Gasteiger partial charge in [0.15, 0.2) is 0 Å². The molecule has 0 amide bonds. The highest BCUT2D eigenvalue weighted by atomic mass is 16.4. The highest BCUT2D eigenvalue weighted by Crippen LogP contribution is 2.11. The van der Waals surface area contributed by atoms with Crippen molar-refractivity contribution in [3.05, 3.63) is 0 Å². The summed E-state index contributed by atoms with van der Waals surface area (Å²) >= 11 is 0. The fourth-order valence-corrected chi connectivity index (χ4v) is 4.69. The maximum Gasteiger partial charge on any atom is 0.317 e. The van der Waals surface area contributed by atoms with Crippen molar-refractivity contribution in [2.75, 3.05) is 45.8 Å². The van der Waals surface area contributed by atoms with Gasteiger partial charge in [-0.05, 0) is 25.9 Å². The van der Waals surface area contributed by atoms with Crippen molar-refractivity contribution in [2.24, 2.45) is 0 Å². The predicted octanol–water partition coefficient (Wildman–Crippen LogP) is 7.39. The minimum atomic E-state index is -0.774. The van der Waals surface area contributed by atoms with Crippen molar-refractivity contribution in [1.82, 2.24) is 15.5 Å². The van der Waals surface area contributed by atoms with Gasteiger partial charge in [-0.1, -0.05) is 129 Å². The van der Waals surface area contributed by atoms with E-state index in [2.05, 4.69) is 29.4 Å². The molecule has 3 N–H and O–H groups in total. The highest BCUT2D eigenvalue weighted by Gasteiger charge is 2.05. The average Bonchev–Trinajstić information content (AvgIpc) is 2.85. The molecule has 0 unspecified atom stereocenters. The first kappa shape index (κ1) is 34.4. The van der Waals surface area contributed by atoms with E-state index in [1.54, 1.807) is 0 Å². The van der Waals surface area contributed by atoms with Crippen LogP contribution in [0.5, 0.6) is 0 Å². The van der Waals surface area contributed by atoms with Gasteiger partial charge in [0.2, 0.25) is 0 Å². The van der Waals surface area contributed by atoms with E-state index >= 15 is 0 Å². The van der Waals surface area contributed by atoms with Crippen LogP contribution in [-0.2, 0) is 4.79 Å². The molecular weight excluding hydrogens is 434 g/mol. The Hall–Kier alpha value is -0.650. The summed E-state index contributed by atoms with van der Waals surface area (Å²) in [4.78, 5) is 13.2. The van der Waals surface area contributed by atoms with Gasteiger partial charge >= 0.3 is 5.97 Å². The number of carboxylic acid groups (broad SMARTS) is 1. The van der Waals surface area contributed by atoms with E-state index in [-0.39, 0.29) is 6.54 Å². The molecule has 0 saturated heterocycles. The van der Waals surface area contributed by atoms with Crippen molar-refractivity contribution in [3.8, 4) is 0 Å². The summed E-state index contributed by atoms with van der Waals surface area (Å²) in [6.45, 7) is 10.7. The molecule has 210 valence electrons. The summed E-state index contributed by atoms with van der Waals surface area (Å²) < 4.78 is 0. The summed E-state index contributed by atoms with van der Waals surface area (Å²) in [5.41, 5.74) is 0. The van der Waals surface area contributed by atoms with E-state index < -0.39 is 5.97 Å². The van der Waals surface area contributed by atoms with Gasteiger partial charge in [0, 0.05) is 26.2 Å². The number of unbranched alkanes of at least 4 members (excludes halogenated alkanes) is 18. The standard InChI is InChI=1S/C30H63N3O2/c1-3-5-7-9-11-13-15-17-19-21-23-31-24-27-33(28-25-32-29-30(34)35)26-22-20-18-16-14-12-10-8-6-4-2/h31-32H,3-29H2,1-2H3,(H,34,35). The largest absolute Gasteiger partial charge is 0.480 e. The van der Waals surface area contributed by atoms with Crippen molar-refractivity contribution in [1.29, 1.82) is 0 Å². The summed E-state index contributed by atoms with van der Waals surface area (Å²) in [5.74, 6) is -0.774. The van der Waals surface area contributed by atoms with E-state index in [0.717, 1.165) is 39.3 Å². The van der Waals surface area contributed by atoms with E-state index in [0.29, 0.717) is 0 Å². The Morgan fingerprint density at radius 3 is 1.37 bits per heavy atom. The lowest BCUT2D eigenvalue weighted by Gasteiger charge is -2.22. The molecule has 5 heteroatoms. The second-order valence-corrected chi connectivity index (χ2v) is 10.5. The Balaban J connectivity index is 3.74. The van der Waals surface area contributed by atoms with Gasteiger partial charge in [-0.3, -0.25) is 4.79 Å². The molecule has 0 bridgehead atoms. The van der Waals surface area contributed by atoms with Gasteiger partial charge in [0.1, 0.15) is 0 Å². The average molecular weight is 498 g/mol. The first-order valence-corrected chi connectivity index (χ1v) is 15.6. The summed E-state index contributed by atoms with van der Waals surface area (Å²) in [5, 5.41) is 15.5. The molecule has 0 atom stereocenters. The molecule has 0 radical (unpaired) electrons. The fraction of sp³-hybridized carbons (Fsp3) is 0.967. The van der Waals surface area contributed by atoms with E-state index in [1.807, 2.05) is 0 Å². The topological polar surface area (TPSA) is 64.6 Å². The number of hydrogen-bond acceptors (Lipinski definition) is 4. The minimum absolute atomic E-state index is 0.0586. The quantitative estimate of drug-likeness (QED) is 0.0903.